The molecule has 144 valence electrons. The Morgan fingerprint density at radius 1 is 1.18 bits per heavy atom. The molecule has 28 heavy (non-hydrogen) atoms. The highest BCUT2D eigenvalue weighted by molar-refractivity contribution is 6.03. The highest BCUT2D eigenvalue weighted by Gasteiger charge is 2.32. The van der Waals surface area contributed by atoms with Crippen molar-refractivity contribution in [1.29, 1.82) is 0 Å². The first-order valence-electron chi connectivity index (χ1n) is 8.36. The monoisotopic (exact) mass is 386 g/mol. The number of allylic oxidation sites excluding steroid dienone is 1. The number of aromatic nitrogens is 3. The third-order valence-corrected chi connectivity index (χ3v) is 3.93. The topological polar surface area (TPSA) is 59.8 Å². The molecule has 1 N–H and O–H groups in total. The summed E-state index contributed by atoms with van der Waals surface area (Å²) < 4.78 is 40.1. The summed E-state index contributed by atoms with van der Waals surface area (Å²) in [4.78, 5) is 15.7. The normalized spacial score (nSPS) is 11.3. The molecule has 0 aliphatic rings. The van der Waals surface area contributed by atoms with Crippen LogP contribution in [0.25, 0.3) is 5.57 Å². The van der Waals surface area contributed by atoms with Gasteiger partial charge in [-0.1, -0.05) is 24.8 Å². The van der Waals surface area contributed by atoms with Gasteiger partial charge in [-0.15, -0.1) is 0 Å². The second kappa shape index (κ2) is 7.67. The van der Waals surface area contributed by atoms with E-state index in [-0.39, 0.29) is 5.69 Å². The number of amides is 1. The summed E-state index contributed by atoms with van der Waals surface area (Å²) in [6, 6.07) is 12.0. The Bertz CT molecular complexity index is 1020. The van der Waals surface area contributed by atoms with Crippen LogP contribution in [0.2, 0.25) is 0 Å². The van der Waals surface area contributed by atoms with Crippen molar-refractivity contribution < 1.29 is 18.0 Å². The Morgan fingerprint density at radius 2 is 1.93 bits per heavy atom. The highest BCUT2D eigenvalue weighted by atomic mass is 19.4. The van der Waals surface area contributed by atoms with Crippen LogP contribution < -0.4 is 5.32 Å². The van der Waals surface area contributed by atoms with Crippen LogP contribution in [0.4, 0.5) is 18.9 Å². The van der Waals surface area contributed by atoms with Crippen molar-refractivity contribution in [2.45, 2.75) is 19.6 Å². The fraction of sp³-hybridized carbons (Fsp3) is 0.150. The molecule has 0 saturated heterocycles. The number of alkyl halides is 3. The summed E-state index contributed by atoms with van der Waals surface area (Å²) in [5, 5.41) is 6.87. The van der Waals surface area contributed by atoms with Crippen molar-refractivity contribution in [3.63, 3.8) is 0 Å². The molecule has 0 fully saturated rings. The number of nitrogens with zero attached hydrogens (tertiary/aromatic N) is 3. The zero-order valence-corrected chi connectivity index (χ0v) is 15.0. The molecule has 0 bridgehead atoms. The lowest BCUT2D eigenvalue weighted by molar-refractivity contribution is -0.141. The number of anilines is 1. The van der Waals surface area contributed by atoms with Crippen molar-refractivity contribution in [1.82, 2.24) is 14.8 Å². The van der Waals surface area contributed by atoms with Crippen LogP contribution in [0.1, 0.15) is 27.4 Å². The molecule has 5 nitrogen and oxygen atoms in total. The number of aryl methyl sites for hydroxylation is 1. The first-order chi connectivity index (χ1) is 13.2. The van der Waals surface area contributed by atoms with E-state index in [4.69, 9.17) is 0 Å². The van der Waals surface area contributed by atoms with Gasteiger partial charge in [0.2, 0.25) is 0 Å². The van der Waals surface area contributed by atoms with Crippen molar-refractivity contribution >= 4 is 17.2 Å². The van der Waals surface area contributed by atoms with Gasteiger partial charge in [0.1, 0.15) is 11.4 Å². The lowest BCUT2D eigenvalue weighted by Gasteiger charge is -2.11. The molecule has 3 aromatic rings. The molecule has 8 heteroatoms. The summed E-state index contributed by atoms with van der Waals surface area (Å²) in [5.41, 5.74) is 1.45. The van der Waals surface area contributed by atoms with E-state index in [0.717, 1.165) is 29.0 Å². The molecule has 0 saturated carbocycles. The molecule has 2 aromatic heterocycles. The third kappa shape index (κ3) is 4.64. The van der Waals surface area contributed by atoms with Crippen LogP contribution in [0.3, 0.4) is 0 Å². The Hall–Kier alpha value is -3.42. The summed E-state index contributed by atoms with van der Waals surface area (Å²) in [6.07, 6.45) is -2.77. The van der Waals surface area contributed by atoms with Gasteiger partial charge in [0.05, 0.1) is 12.2 Å². The van der Waals surface area contributed by atoms with E-state index in [1.54, 1.807) is 22.9 Å². The largest absolute Gasteiger partial charge is 0.433 e. The Kier molecular flexibility index (Phi) is 5.30. The van der Waals surface area contributed by atoms with Crippen LogP contribution >= 0.6 is 0 Å². The number of benzene rings is 1. The molecular weight excluding hydrogens is 369 g/mol. The number of hydrogen-bond donors (Lipinski definition) is 1. The van der Waals surface area contributed by atoms with Gasteiger partial charge in [0.25, 0.3) is 5.91 Å². The zero-order chi connectivity index (χ0) is 20.3. The summed E-state index contributed by atoms with van der Waals surface area (Å²) in [5.74, 6) is -0.725. The molecule has 0 aliphatic heterocycles. The minimum Gasteiger partial charge on any atom is -0.321 e. The predicted octanol–water partition coefficient (Wildman–Crippen LogP) is 4.57. The Labute approximate surface area is 159 Å². The number of nitrogens with one attached hydrogen (secondary N) is 1. The third-order valence-electron chi connectivity index (χ3n) is 3.93. The maximum absolute atomic E-state index is 12.8. The summed E-state index contributed by atoms with van der Waals surface area (Å²) in [6.45, 7) is 6.39. The second-order valence-corrected chi connectivity index (χ2v) is 6.20. The quantitative estimate of drug-likeness (QED) is 0.699. The van der Waals surface area contributed by atoms with Crippen LogP contribution in [0.5, 0.6) is 0 Å². The number of hydrogen-bond acceptors (Lipinski definition) is 3. The molecule has 0 radical (unpaired) electrons. The maximum Gasteiger partial charge on any atom is 0.433 e. The standard InChI is InChI=1S/C20H17F3N4O/c1-13(12-27-10-9-14(2)26-27)15-5-3-6-16(11-15)24-19(28)17-7-4-8-18(25-17)20(21,22)23/h3-11H,1,12H2,2H3,(H,24,28). The average molecular weight is 386 g/mol. The van der Waals surface area contributed by atoms with E-state index in [1.165, 1.54) is 6.07 Å². The first-order valence-corrected chi connectivity index (χ1v) is 8.36. The number of carbonyl (C=O) groups is 1. The van der Waals surface area contributed by atoms with E-state index in [0.29, 0.717) is 12.2 Å². The summed E-state index contributed by atoms with van der Waals surface area (Å²) in [7, 11) is 0. The molecule has 0 atom stereocenters. The Balaban J connectivity index is 1.74. The van der Waals surface area contributed by atoms with Crippen LogP contribution in [-0.2, 0) is 12.7 Å². The van der Waals surface area contributed by atoms with Crippen molar-refractivity contribution in [2.75, 3.05) is 5.32 Å². The number of halogens is 3. The van der Waals surface area contributed by atoms with E-state index in [2.05, 4.69) is 22.0 Å². The van der Waals surface area contributed by atoms with Crippen molar-refractivity contribution in [3.05, 3.63) is 84.0 Å². The van der Waals surface area contributed by atoms with Gasteiger partial charge in [0, 0.05) is 11.9 Å². The zero-order valence-electron chi connectivity index (χ0n) is 15.0. The molecule has 3 rings (SSSR count). The minimum absolute atomic E-state index is 0.314. The van der Waals surface area contributed by atoms with Crippen LogP contribution in [0.15, 0.2) is 61.3 Å². The minimum atomic E-state index is -4.61. The molecule has 0 aliphatic carbocycles. The summed E-state index contributed by atoms with van der Waals surface area (Å²) >= 11 is 0. The lowest BCUT2D eigenvalue weighted by atomic mass is 10.1. The van der Waals surface area contributed by atoms with Crippen LogP contribution in [0, 0.1) is 6.92 Å². The average Bonchev–Trinajstić information content (AvgIpc) is 3.06. The molecule has 2 heterocycles. The van der Waals surface area contributed by atoms with Gasteiger partial charge in [-0.25, -0.2) is 4.98 Å². The van der Waals surface area contributed by atoms with E-state index in [9.17, 15) is 18.0 Å². The van der Waals surface area contributed by atoms with Gasteiger partial charge >= 0.3 is 6.18 Å². The van der Waals surface area contributed by atoms with Crippen molar-refractivity contribution in [3.8, 4) is 0 Å². The van der Waals surface area contributed by atoms with Gasteiger partial charge in [-0.3, -0.25) is 9.48 Å². The molecule has 1 aromatic carbocycles. The lowest BCUT2D eigenvalue weighted by Crippen LogP contribution is -2.17. The fourth-order valence-electron chi connectivity index (χ4n) is 2.57. The van der Waals surface area contributed by atoms with E-state index < -0.39 is 17.8 Å². The molecular formula is C20H17F3N4O. The molecule has 0 unspecified atom stereocenters. The predicted molar refractivity (Wildman–Crippen MR) is 99.6 cm³/mol. The van der Waals surface area contributed by atoms with E-state index >= 15 is 0 Å². The number of pyridine rings is 1. The molecule has 1 amide bonds. The van der Waals surface area contributed by atoms with Gasteiger partial charge in [-0.2, -0.15) is 18.3 Å². The van der Waals surface area contributed by atoms with E-state index in [1.807, 2.05) is 25.3 Å². The maximum atomic E-state index is 12.8. The second-order valence-electron chi connectivity index (χ2n) is 6.20. The number of rotatable bonds is 5. The highest BCUT2D eigenvalue weighted by Crippen LogP contribution is 2.27. The van der Waals surface area contributed by atoms with Gasteiger partial charge in [-0.05, 0) is 48.4 Å². The van der Waals surface area contributed by atoms with Gasteiger partial charge in [0.15, 0.2) is 0 Å². The van der Waals surface area contributed by atoms with Gasteiger partial charge < -0.3 is 5.32 Å². The fourth-order valence-corrected chi connectivity index (χ4v) is 2.57. The Morgan fingerprint density at radius 3 is 2.61 bits per heavy atom. The van der Waals surface area contributed by atoms with Crippen molar-refractivity contribution in [2.24, 2.45) is 0 Å². The molecule has 0 spiro atoms. The smallest absolute Gasteiger partial charge is 0.321 e. The first kappa shape index (κ1) is 19.3. The van der Waals surface area contributed by atoms with Crippen LogP contribution in [-0.4, -0.2) is 20.7 Å². The SMILES string of the molecule is C=C(Cn1ccc(C)n1)c1cccc(NC(=O)c2cccc(C(F)(F)F)n2)c1. The number of carbonyl (C=O) groups excluding carboxylic acids is 1.